The van der Waals surface area contributed by atoms with Crippen molar-refractivity contribution >= 4 is 32.2 Å². The largest absolute Gasteiger partial charge is 0.459 e. The minimum absolute atomic E-state index is 0.811. The molecule has 0 aliphatic rings. The summed E-state index contributed by atoms with van der Waals surface area (Å²) in [6.45, 7) is 0. The average molecular weight is 233 g/mol. The molecule has 0 radical (unpaired) electrons. The van der Waals surface area contributed by atoms with Gasteiger partial charge in [0, 0.05) is 25.5 Å². The van der Waals surface area contributed by atoms with E-state index in [1.54, 1.807) is 0 Å². The van der Waals surface area contributed by atoms with Crippen LogP contribution in [0.25, 0.3) is 0 Å². The second-order valence-corrected chi connectivity index (χ2v) is 3.99. The molecule has 80 valence electrons. The van der Waals surface area contributed by atoms with Crippen molar-refractivity contribution in [2.75, 3.05) is 24.7 Å². The van der Waals surface area contributed by atoms with Crippen molar-refractivity contribution in [3.63, 3.8) is 0 Å². The highest BCUT2D eigenvalue weighted by molar-refractivity contribution is 8.18. The minimum Gasteiger partial charge on any atom is -0.459 e. The molecule has 0 aliphatic carbocycles. The highest BCUT2D eigenvalue weighted by Crippen LogP contribution is 2.12. The van der Waals surface area contributed by atoms with Gasteiger partial charge in [-0.25, -0.2) is 11.2 Å². The third-order valence-corrected chi connectivity index (χ3v) is 1.41. The molecular weight excluding hydrogens is 220 g/mol. The molecule has 0 heterocycles. The zero-order valence-electron chi connectivity index (χ0n) is 8.01. The first-order valence-corrected chi connectivity index (χ1v) is 5.78. The molecule has 0 saturated heterocycles. The molecule has 1 aromatic carbocycles. The van der Waals surface area contributed by atoms with Gasteiger partial charge in [0.15, 0.2) is 0 Å². The molecule has 14 heavy (non-hydrogen) atoms. The topological polar surface area (TPSA) is 66.6 Å². The van der Waals surface area contributed by atoms with Crippen LogP contribution in [-0.4, -0.2) is 18.6 Å². The Morgan fingerprint density at radius 3 is 2.00 bits per heavy atom. The first-order valence-electron chi connectivity index (χ1n) is 3.74. The maximum absolute atomic E-state index is 8.93. The van der Waals surface area contributed by atoms with Crippen LogP contribution in [0.4, 0.5) is 11.4 Å². The van der Waals surface area contributed by atoms with E-state index >= 15 is 0 Å². The average Bonchev–Trinajstić information content (AvgIpc) is 2.03. The Hall–Kier alpha value is -0.850. The zero-order chi connectivity index (χ0) is 11.1. The number of anilines is 2. The molecule has 0 amide bonds. The van der Waals surface area contributed by atoms with Crippen molar-refractivity contribution in [1.82, 2.24) is 0 Å². The Morgan fingerprint density at radius 1 is 1.36 bits per heavy atom. The lowest BCUT2D eigenvalue weighted by atomic mass is 10.3. The van der Waals surface area contributed by atoms with Crippen molar-refractivity contribution < 1.29 is 8.76 Å². The number of benzene rings is 1. The van der Waals surface area contributed by atoms with Gasteiger partial charge < -0.3 is 19.4 Å². The smallest absolute Gasteiger partial charge is 0.0362 e. The number of nitrogens with zero attached hydrogens (tertiary/aromatic N) is 1. The van der Waals surface area contributed by atoms with Gasteiger partial charge in [-0.3, -0.25) is 0 Å². The molecule has 1 aromatic rings. The van der Waals surface area contributed by atoms with E-state index in [9.17, 15) is 0 Å². The van der Waals surface area contributed by atoms with E-state index in [1.165, 1.54) is 5.69 Å². The van der Waals surface area contributed by atoms with E-state index in [0.29, 0.717) is 0 Å². The van der Waals surface area contributed by atoms with Crippen LogP contribution in [0.2, 0.25) is 0 Å². The first-order chi connectivity index (χ1) is 6.43. The van der Waals surface area contributed by atoms with Crippen molar-refractivity contribution in [3.8, 4) is 0 Å². The number of nitrogen functional groups attached to an aromatic ring is 1. The molecule has 0 spiro atoms. The molecule has 6 heteroatoms. The lowest BCUT2D eigenvalue weighted by molar-refractivity contribution is 0.536. The normalized spacial score (nSPS) is 9.14. The predicted octanol–water partition coefficient (Wildman–Crippen LogP) is 1.22. The monoisotopic (exact) mass is 233 g/mol. The summed E-state index contributed by atoms with van der Waals surface area (Å²) in [6, 6.07) is 7.79. The molecule has 0 aliphatic heterocycles. The Labute approximate surface area is 90.3 Å². The van der Waals surface area contributed by atoms with Gasteiger partial charge in [-0.05, 0) is 24.3 Å². The van der Waals surface area contributed by atoms with Crippen LogP contribution >= 0.6 is 0 Å². The van der Waals surface area contributed by atoms with Crippen molar-refractivity contribution in [1.29, 1.82) is 0 Å². The summed E-state index contributed by atoms with van der Waals surface area (Å²) in [5, 5.41) is 0. The second-order valence-electron chi connectivity index (χ2n) is 2.70. The molecule has 0 unspecified atom stereocenters. The number of nitrogens with two attached hydrogens (primary N) is 1. The van der Waals surface area contributed by atoms with Gasteiger partial charge in [-0.1, -0.05) is 9.64 Å². The summed E-state index contributed by atoms with van der Waals surface area (Å²) in [4.78, 5) is 2.04. The van der Waals surface area contributed by atoms with Crippen molar-refractivity contribution in [2.24, 2.45) is 0 Å². The molecule has 3 N–H and O–H groups in total. The fraction of sp³-hybridized carbons (Fsp3) is 0.250. The summed E-state index contributed by atoms with van der Waals surface area (Å²) >= 11 is 3.65. The standard InChI is InChI=1S/C8H12N2.HO2S2/c1-10(2)8-5-3-7(9)4-6-8;1-4(2)3/h3-6H,9H2,1-2H3;(H,1,2,3)/q;-1. The molecule has 0 bridgehead atoms. The quantitative estimate of drug-likeness (QED) is 0.434. The van der Waals surface area contributed by atoms with Crippen LogP contribution in [0.3, 0.4) is 0 Å². The van der Waals surface area contributed by atoms with Gasteiger partial charge in [0.2, 0.25) is 0 Å². The maximum atomic E-state index is 8.93. The van der Waals surface area contributed by atoms with E-state index in [4.69, 9.17) is 14.5 Å². The number of hydrogen-bond donors (Lipinski definition) is 2. The van der Waals surface area contributed by atoms with E-state index in [0.717, 1.165) is 5.69 Å². The van der Waals surface area contributed by atoms with Crippen molar-refractivity contribution in [3.05, 3.63) is 24.3 Å². The summed E-state index contributed by atoms with van der Waals surface area (Å²) in [7, 11) is 1.98. The van der Waals surface area contributed by atoms with Gasteiger partial charge in [-0.15, -0.1) is 0 Å². The van der Waals surface area contributed by atoms with Gasteiger partial charge >= 0.3 is 0 Å². The molecule has 0 atom stereocenters. The third-order valence-electron chi connectivity index (χ3n) is 1.41. The molecule has 0 aromatic heterocycles. The van der Waals surface area contributed by atoms with Crippen LogP contribution in [0.15, 0.2) is 24.3 Å². The highest BCUT2D eigenvalue weighted by Gasteiger charge is 1.91. The van der Waals surface area contributed by atoms with Crippen LogP contribution in [0.5, 0.6) is 0 Å². The summed E-state index contributed by atoms with van der Waals surface area (Å²) < 4.78 is 16.3. The van der Waals surface area contributed by atoms with Gasteiger partial charge in [0.25, 0.3) is 0 Å². The first kappa shape index (κ1) is 13.2. The van der Waals surface area contributed by atoms with Gasteiger partial charge in [0.05, 0.1) is 0 Å². The third kappa shape index (κ3) is 6.64. The van der Waals surface area contributed by atoms with Gasteiger partial charge in [0.1, 0.15) is 0 Å². The molecular formula is C8H13N2O2S2-. The molecule has 4 nitrogen and oxygen atoms in total. The SMILES string of the molecule is CN(C)c1ccc(N)cc1.O=[S-](O)=S. The fourth-order valence-corrected chi connectivity index (χ4v) is 0.772. The second kappa shape index (κ2) is 6.58. The Bertz CT molecular complexity index is 326. The fourth-order valence-electron chi connectivity index (χ4n) is 0.772. The van der Waals surface area contributed by atoms with E-state index in [-0.39, 0.29) is 0 Å². The lowest BCUT2D eigenvalue weighted by Gasteiger charge is -2.11. The van der Waals surface area contributed by atoms with E-state index in [1.807, 2.05) is 43.3 Å². The number of rotatable bonds is 1. The number of hydrogen-bond acceptors (Lipinski definition) is 5. The van der Waals surface area contributed by atoms with Crippen LogP contribution in [0, 0.1) is 0 Å². The van der Waals surface area contributed by atoms with Crippen LogP contribution < -0.4 is 10.6 Å². The maximum Gasteiger partial charge on any atom is 0.0362 e. The van der Waals surface area contributed by atoms with Crippen LogP contribution in [-0.2, 0) is 25.0 Å². The minimum atomic E-state index is -2.03. The van der Waals surface area contributed by atoms with E-state index < -0.39 is 9.64 Å². The van der Waals surface area contributed by atoms with Gasteiger partial charge in [-0.2, -0.15) is 0 Å². The predicted molar refractivity (Wildman–Crippen MR) is 63.2 cm³/mol. The lowest BCUT2D eigenvalue weighted by Crippen LogP contribution is -2.08. The summed E-state index contributed by atoms with van der Waals surface area (Å²) in [5.41, 5.74) is 7.49. The molecule has 0 fully saturated rings. The van der Waals surface area contributed by atoms with Crippen LogP contribution in [0.1, 0.15) is 0 Å². The zero-order valence-corrected chi connectivity index (χ0v) is 9.64. The highest BCUT2D eigenvalue weighted by atomic mass is 32.8. The Balaban J connectivity index is 0.000000364. The molecule has 0 saturated carbocycles. The summed E-state index contributed by atoms with van der Waals surface area (Å²) in [6.07, 6.45) is 0. The Morgan fingerprint density at radius 2 is 1.71 bits per heavy atom. The molecule has 1 rings (SSSR count). The van der Waals surface area contributed by atoms with E-state index in [2.05, 4.69) is 11.2 Å². The Kier molecular flexibility index (Phi) is 6.18. The van der Waals surface area contributed by atoms with Crippen molar-refractivity contribution in [2.45, 2.75) is 0 Å². The summed E-state index contributed by atoms with van der Waals surface area (Å²) in [5.74, 6) is 0.